The number of nitrogens with zero attached hydrogens (tertiary/aromatic N) is 1. The van der Waals surface area contributed by atoms with E-state index in [9.17, 15) is 49.1 Å². The Morgan fingerprint density at radius 1 is 0.756 bits per heavy atom. The molecule has 0 bridgehead atoms. The van der Waals surface area contributed by atoms with Crippen LogP contribution in [-0.2, 0) is 5.67 Å². The number of primary amides is 1. The first-order valence-corrected chi connectivity index (χ1v) is 12.4. The molecule has 2 amide bonds. The van der Waals surface area contributed by atoms with Crippen LogP contribution in [0.15, 0.2) is 63.5 Å². The quantitative estimate of drug-likeness (QED) is 0.260. The maximum Gasteiger partial charge on any atom is 0.457 e. The predicted octanol–water partition coefficient (Wildman–Crippen LogP) is 8.32. The van der Waals surface area contributed by atoms with Crippen molar-refractivity contribution in [3.8, 4) is 11.1 Å². The zero-order valence-electron chi connectivity index (χ0n) is 20.1. The third-order valence-corrected chi connectivity index (χ3v) is 7.15. The molecule has 3 aromatic carbocycles. The van der Waals surface area contributed by atoms with Gasteiger partial charge in [0.15, 0.2) is 0 Å². The fourth-order valence-corrected chi connectivity index (χ4v) is 5.64. The molecule has 0 radical (unpaired) electrons. The zero-order chi connectivity index (χ0) is 31.3. The maximum atomic E-state index is 15.5. The van der Waals surface area contributed by atoms with Gasteiger partial charge < -0.3 is 10.6 Å². The number of carbonyl (C=O) groups is 2. The minimum Gasteiger partial charge on any atom is -0.366 e. The van der Waals surface area contributed by atoms with Gasteiger partial charge in [-0.1, -0.05) is 30.3 Å². The van der Waals surface area contributed by atoms with Crippen molar-refractivity contribution in [2.24, 2.45) is 5.73 Å². The van der Waals surface area contributed by atoms with E-state index in [1.54, 1.807) is 0 Å². The van der Waals surface area contributed by atoms with Crippen molar-refractivity contribution in [2.45, 2.75) is 23.9 Å². The van der Waals surface area contributed by atoms with E-state index in [4.69, 9.17) is 5.73 Å². The van der Waals surface area contributed by atoms with Crippen LogP contribution in [0.1, 0.15) is 26.3 Å². The van der Waals surface area contributed by atoms with Crippen molar-refractivity contribution < 1.29 is 53.5 Å². The van der Waals surface area contributed by atoms with Crippen molar-refractivity contribution in [3.05, 3.63) is 86.1 Å². The fraction of sp³-hybridized carbons (Fsp3) is 0.200. The molecule has 0 saturated heterocycles. The van der Waals surface area contributed by atoms with Crippen molar-refractivity contribution in [2.75, 3.05) is 11.9 Å². The summed E-state index contributed by atoms with van der Waals surface area (Å²) in [6, 6.07) is 9.08. The van der Waals surface area contributed by atoms with Gasteiger partial charge in [-0.3, -0.25) is 9.59 Å². The number of amides is 2. The lowest BCUT2D eigenvalue weighted by molar-refractivity contribution is -0.389. The summed E-state index contributed by atoms with van der Waals surface area (Å²) in [6.45, 7) is 0. The fourth-order valence-electron chi connectivity index (χ4n) is 3.92. The Hall–Kier alpha value is -3.14. The smallest absolute Gasteiger partial charge is 0.366 e. The molecule has 220 valence electrons. The highest BCUT2D eigenvalue weighted by Crippen LogP contribution is 2.59. The number of hydrogen-bond acceptors (Lipinski definition) is 2. The summed E-state index contributed by atoms with van der Waals surface area (Å²) >= 11 is 5.36. The molecule has 41 heavy (non-hydrogen) atoms. The third kappa shape index (κ3) is 5.43. The van der Waals surface area contributed by atoms with Crippen LogP contribution >= 0.6 is 31.9 Å². The molecule has 0 aliphatic rings. The van der Waals surface area contributed by atoms with E-state index >= 15 is 4.39 Å². The Labute approximate surface area is 241 Å². The Kier molecular flexibility index (Phi) is 8.63. The first-order chi connectivity index (χ1) is 18.7. The average Bonchev–Trinajstić information content (AvgIpc) is 2.85. The summed E-state index contributed by atoms with van der Waals surface area (Å²) in [7, 11) is 0.979. The van der Waals surface area contributed by atoms with Crippen LogP contribution < -0.4 is 10.6 Å². The van der Waals surface area contributed by atoms with Crippen molar-refractivity contribution in [3.63, 3.8) is 0 Å². The highest BCUT2D eigenvalue weighted by molar-refractivity contribution is 9.11. The van der Waals surface area contributed by atoms with Gasteiger partial charge in [-0.25, -0.2) is 8.78 Å². The lowest BCUT2D eigenvalue weighted by atomic mass is 9.87. The molecule has 3 aromatic rings. The van der Waals surface area contributed by atoms with Crippen molar-refractivity contribution in [1.82, 2.24) is 0 Å². The van der Waals surface area contributed by atoms with Crippen LogP contribution in [-0.4, -0.2) is 37.1 Å². The molecule has 0 aromatic heterocycles. The van der Waals surface area contributed by atoms with Crippen molar-refractivity contribution >= 4 is 49.4 Å². The second-order valence-electron chi connectivity index (χ2n) is 8.46. The molecule has 0 aliphatic carbocycles. The van der Waals surface area contributed by atoms with Crippen LogP contribution in [0.3, 0.4) is 0 Å². The number of hydrogen-bond donors (Lipinski definition) is 1. The molecule has 16 heteroatoms. The van der Waals surface area contributed by atoms with E-state index in [-0.39, 0.29) is 28.8 Å². The van der Waals surface area contributed by atoms with Crippen LogP contribution in [0, 0.1) is 5.82 Å². The topological polar surface area (TPSA) is 63.4 Å². The molecule has 4 nitrogen and oxygen atoms in total. The first-order valence-electron chi connectivity index (χ1n) is 10.8. The largest absolute Gasteiger partial charge is 0.457 e. The maximum absolute atomic E-state index is 15.5. The molecular formula is C25H14Br2F10N2O2. The van der Waals surface area contributed by atoms with Gasteiger partial charge in [0.05, 0.1) is 11.3 Å². The molecule has 0 spiro atoms. The number of nitrogens with two attached hydrogens (primary N) is 1. The molecule has 3 rings (SSSR count). The highest BCUT2D eigenvalue weighted by Gasteiger charge is 2.81. The monoisotopic (exact) mass is 722 g/mol. The van der Waals surface area contributed by atoms with Gasteiger partial charge in [-0.15, -0.1) is 0 Å². The number of alkyl halides is 9. The second-order valence-corrected chi connectivity index (χ2v) is 10.2. The minimum atomic E-state index is -6.93. The SMILES string of the molecule is CN(C(=O)c1cccc(-c2ccccc2C(N)=O)c1F)c1c(Br)cc(C(F)(C(F)(F)F)C(F)(F)C(F)(F)F)cc1Br. The van der Waals surface area contributed by atoms with Crippen molar-refractivity contribution in [1.29, 1.82) is 0 Å². The zero-order valence-corrected chi connectivity index (χ0v) is 23.2. The summed E-state index contributed by atoms with van der Waals surface area (Å²) in [5.41, 5.74) is -4.42. The second kappa shape index (κ2) is 10.9. The molecule has 0 aliphatic heterocycles. The Bertz CT molecular complexity index is 1500. The predicted molar refractivity (Wildman–Crippen MR) is 135 cm³/mol. The molecular weight excluding hydrogens is 710 g/mol. The Morgan fingerprint density at radius 2 is 1.24 bits per heavy atom. The van der Waals surface area contributed by atoms with E-state index in [1.165, 1.54) is 36.4 Å². The van der Waals surface area contributed by atoms with E-state index in [0.717, 1.165) is 13.1 Å². The van der Waals surface area contributed by atoms with E-state index in [0.29, 0.717) is 4.90 Å². The van der Waals surface area contributed by atoms with Gasteiger partial charge >= 0.3 is 23.9 Å². The van der Waals surface area contributed by atoms with Gasteiger partial charge in [0, 0.05) is 32.7 Å². The number of halogens is 12. The number of carbonyl (C=O) groups excluding carboxylic acids is 2. The summed E-state index contributed by atoms with van der Waals surface area (Å²) in [5.74, 6) is -10.1. The molecule has 0 heterocycles. The summed E-state index contributed by atoms with van der Waals surface area (Å²) < 4.78 is 136. The molecule has 0 fully saturated rings. The summed E-state index contributed by atoms with van der Waals surface area (Å²) in [5, 5.41) is 0. The first kappa shape index (κ1) is 32.4. The van der Waals surface area contributed by atoms with Crippen LogP contribution in [0.25, 0.3) is 11.1 Å². The summed E-state index contributed by atoms with van der Waals surface area (Å²) in [4.78, 5) is 25.6. The van der Waals surface area contributed by atoms with Crippen LogP contribution in [0.4, 0.5) is 49.6 Å². The molecule has 1 unspecified atom stereocenters. The molecule has 1 atom stereocenters. The lowest BCUT2D eigenvalue weighted by Gasteiger charge is -2.36. The average molecular weight is 724 g/mol. The van der Waals surface area contributed by atoms with Gasteiger partial charge in [0.25, 0.3) is 5.91 Å². The van der Waals surface area contributed by atoms with Crippen LogP contribution in [0.2, 0.25) is 0 Å². The van der Waals surface area contributed by atoms with E-state index in [2.05, 4.69) is 31.9 Å². The highest BCUT2D eigenvalue weighted by atomic mass is 79.9. The number of anilines is 1. The van der Waals surface area contributed by atoms with Crippen LogP contribution in [0.5, 0.6) is 0 Å². The molecule has 0 saturated carbocycles. The van der Waals surface area contributed by atoms with Gasteiger partial charge in [-0.2, -0.15) is 35.1 Å². The number of benzene rings is 3. The van der Waals surface area contributed by atoms with E-state index < -0.39 is 67.3 Å². The normalized spacial score (nSPS) is 14.0. The lowest BCUT2D eigenvalue weighted by Crippen LogP contribution is -2.59. The minimum absolute atomic E-state index is 0.00684. The van der Waals surface area contributed by atoms with Gasteiger partial charge in [-0.05, 0) is 61.7 Å². The summed E-state index contributed by atoms with van der Waals surface area (Å²) in [6.07, 6.45) is -13.7. The number of rotatable bonds is 6. The third-order valence-electron chi connectivity index (χ3n) is 5.95. The van der Waals surface area contributed by atoms with Gasteiger partial charge in [0.2, 0.25) is 5.91 Å². The van der Waals surface area contributed by atoms with Gasteiger partial charge in [0.1, 0.15) is 5.82 Å². The molecule has 2 N–H and O–H groups in total. The Morgan fingerprint density at radius 3 is 1.73 bits per heavy atom. The van der Waals surface area contributed by atoms with E-state index in [1.807, 2.05) is 0 Å². The Balaban J connectivity index is 2.14. The standard InChI is InChI=1S/C25H14Br2F10N2O2/c1-39(21(41)15-8-4-7-13(18(15)28)12-5-2-3-6-14(12)20(38)40)19-16(26)9-11(10-17(19)27)22(29,24(32,33)34)23(30,31)25(35,36)37/h2-10H,1H3,(H2,38,40).